The second kappa shape index (κ2) is 4.77. The van der Waals surface area contributed by atoms with Gasteiger partial charge in [0.05, 0.1) is 16.2 Å². The van der Waals surface area contributed by atoms with Crippen molar-refractivity contribution < 1.29 is 0 Å². The molecule has 3 heteroatoms. The zero-order valence-corrected chi connectivity index (χ0v) is 12.1. The molecule has 0 saturated carbocycles. The molecule has 0 saturated heterocycles. The average molecular weight is 263 g/mol. The second-order valence-corrected chi connectivity index (χ2v) is 5.41. The van der Waals surface area contributed by atoms with Crippen molar-refractivity contribution in [3.8, 4) is 0 Å². The first-order valence-corrected chi connectivity index (χ1v) is 6.71. The Labute approximate surface area is 113 Å². The molecule has 2 N–H and O–H groups in total. The smallest absolute Gasteiger partial charge is 0.0758 e. The van der Waals surface area contributed by atoms with Gasteiger partial charge in [-0.05, 0) is 42.5 Å². The van der Waals surface area contributed by atoms with Gasteiger partial charge in [-0.25, -0.2) is 0 Å². The zero-order chi connectivity index (χ0) is 13.4. The maximum absolute atomic E-state index is 6.17. The van der Waals surface area contributed by atoms with Gasteiger partial charge in [0.15, 0.2) is 0 Å². The maximum atomic E-state index is 6.17. The first kappa shape index (κ1) is 13.2. The molecule has 0 aliphatic heterocycles. The average Bonchev–Trinajstić information content (AvgIpc) is 2.35. The van der Waals surface area contributed by atoms with Crippen molar-refractivity contribution in [1.29, 1.82) is 0 Å². The van der Waals surface area contributed by atoms with Crippen LogP contribution < -0.4 is 5.73 Å². The molecule has 96 valence electrons. The quantitative estimate of drug-likeness (QED) is 0.812. The van der Waals surface area contributed by atoms with E-state index in [2.05, 4.69) is 26.8 Å². The van der Waals surface area contributed by atoms with E-state index in [1.807, 2.05) is 13.0 Å². The number of anilines is 1. The lowest BCUT2D eigenvalue weighted by atomic mass is 9.99. The zero-order valence-electron chi connectivity index (χ0n) is 11.3. The maximum Gasteiger partial charge on any atom is 0.0758 e. The molecule has 0 aliphatic rings. The molecular weight excluding hydrogens is 244 g/mol. The number of pyridine rings is 1. The lowest BCUT2D eigenvalue weighted by Crippen LogP contribution is -2.01. The molecule has 0 fully saturated rings. The number of benzene rings is 1. The van der Waals surface area contributed by atoms with Crippen molar-refractivity contribution in [3.05, 3.63) is 34.0 Å². The summed E-state index contributed by atoms with van der Waals surface area (Å²) in [6, 6.07) is 4.12. The van der Waals surface area contributed by atoms with Gasteiger partial charge in [0.2, 0.25) is 0 Å². The third kappa shape index (κ3) is 2.05. The molecule has 0 radical (unpaired) electrons. The number of aryl methyl sites for hydroxylation is 2. The van der Waals surface area contributed by atoms with E-state index in [9.17, 15) is 0 Å². The largest absolute Gasteiger partial charge is 0.397 e. The van der Waals surface area contributed by atoms with E-state index >= 15 is 0 Å². The van der Waals surface area contributed by atoms with Crippen molar-refractivity contribution in [3.63, 3.8) is 0 Å². The van der Waals surface area contributed by atoms with E-state index in [-0.39, 0.29) is 0 Å². The van der Waals surface area contributed by atoms with Crippen molar-refractivity contribution >= 4 is 28.2 Å². The molecule has 0 aliphatic carbocycles. The van der Waals surface area contributed by atoms with Crippen molar-refractivity contribution in [2.24, 2.45) is 0 Å². The Morgan fingerprint density at radius 2 is 2.00 bits per heavy atom. The molecule has 0 amide bonds. The Morgan fingerprint density at radius 3 is 2.56 bits per heavy atom. The molecule has 2 aromatic rings. The third-order valence-corrected chi connectivity index (χ3v) is 3.74. The van der Waals surface area contributed by atoms with Crippen LogP contribution in [0.1, 0.15) is 43.5 Å². The van der Waals surface area contributed by atoms with Crippen LogP contribution in [0.15, 0.2) is 12.1 Å². The summed E-state index contributed by atoms with van der Waals surface area (Å²) in [6.45, 7) is 8.45. The highest BCUT2D eigenvalue weighted by Gasteiger charge is 2.13. The summed E-state index contributed by atoms with van der Waals surface area (Å²) in [7, 11) is 0. The predicted molar refractivity (Wildman–Crippen MR) is 79.4 cm³/mol. The lowest BCUT2D eigenvalue weighted by Gasteiger charge is -2.14. The van der Waals surface area contributed by atoms with Crippen molar-refractivity contribution in [1.82, 2.24) is 4.98 Å². The Kier molecular flexibility index (Phi) is 3.49. The minimum atomic E-state index is 0.413. The fourth-order valence-corrected chi connectivity index (χ4v) is 2.43. The number of hydrogen-bond acceptors (Lipinski definition) is 2. The fraction of sp³-hybridized carbons (Fsp3) is 0.400. The van der Waals surface area contributed by atoms with Crippen LogP contribution in [0.5, 0.6) is 0 Å². The molecule has 0 atom stereocenters. The fourth-order valence-electron chi connectivity index (χ4n) is 2.18. The number of nitrogen functional groups attached to an aromatic ring is 1. The number of aromatic nitrogens is 1. The number of rotatable bonds is 2. The summed E-state index contributed by atoms with van der Waals surface area (Å²) in [5, 5.41) is 1.74. The summed E-state index contributed by atoms with van der Waals surface area (Å²) in [5.74, 6) is 0.413. The second-order valence-electron chi connectivity index (χ2n) is 5.01. The molecule has 0 unspecified atom stereocenters. The lowest BCUT2D eigenvalue weighted by molar-refractivity contribution is 0.825. The highest BCUT2D eigenvalue weighted by atomic mass is 35.5. The monoisotopic (exact) mass is 262 g/mol. The van der Waals surface area contributed by atoms with Gasteiger partial charge in [-0.15, -0.1) is 0 Å². The molecule has 1 heterocycles. The molecule has 1 aromatic heterocycles. The highest BCUT2D eigenvalue weighted by Crippen LogP contribution is 2.33. The van der Waals surface area contributed by atoms with E-state index in [4.69, 9.17) is 22.3 Å². The van der Waals surface area contributed by atoms with Crippen LogP contribution in [-0.2, 0) is 6.42 Å². The van der Waals surface area contributed by atoms with Gasteiger partial charge in [-0.3, -0.25) is 4.98 Å². The van der Waals surface area contributed by atoms with E-state index in [0.717, 1.165) is 28.6 Å². The van der Waals surface area contributed by atoms with Crippen LogP contribution >= 0.6 is 11.6 Å². The highest BCUT2D eigenvalue weighted by molar-refractivity contribution is 6.34. The third-order valence-electron chi connectivity index (χ3n) is 3.42. The number of nitrogens with zero attached hydrogens (tertiary/aromatic N) is 1. The van der Waals surface area contributed by atoms with Gasteiger partial charge in [-0.2, -0.15) is 0 Å². The van der Waals surface area contributed by atoms with Crippen molar-refractivity contribution in [2.45, 2.75) is 40.0 Å². The Morgan fingerprint density at radius 1 is 1.33 bits per heavy atom. The number of nitrogens with two attached hydrogens (primary N) is 1. The summed E-state index contributed by atoms with van der Waals surface area (Å²) in [6.07, 6.45) is 0.971. The van der Waals surface area contributed by atoms with Crippen LogP contribution in [0.25, 0.3) is 10.9 Å². The molecule has 18 heavy (non-hydrogen) atoms. The van der Waals surface area contributed by atoms with Gasteiger partial charge in [0.25, 0.3) is 0 Å². The van der Waals surface area contributed by atoms with E-state index in [0.29, 0.717) is 16.6 Å². The Bertz CT molecular complexity index is 603. The van der Waals surface area contributed by atoms with Gasteiger partial charge < -0.3 is 5.73 Å². The van der Waals surface area contributed by atoms with Gasteiger partial charge in [-0.1, -0.05) is 32.4 Å². The first-order valence-electron chi connectivity index (χ1n) is 6.33. The molecule has 1 aromatic carbocycles. The van der Waals surface area contributed by atoms with E-state index in [1.54, 1.807) is 0 Å². The Hall–Kier alpha value is -1.28. The summed E-state index contributed by atoms with van der Waals surface area (Å²) < 4.78 is 0. The number of hydrogen-bond donors (Lipinski definition) is 1. The Balaban J connectivity index is 2.88. The SMILES string of the molecule is CCc1cc(C(C)C)nc2c(C)c(N)c(Cl)cc12. The minimum Gasteiger partial charge on any atom is -0.397 e. The van der Waals surface area contributed by atoms with Gasteiger partial charge in [0.1, 0.15) is 0 Å². The summed E-state index contributed by atoms with van der Waals surface area (Å²) in [5.41, 5.74) is 11.0. The minimum absolute atomic E-state index is 0.413. The van der Waals surface area contributed by atoms with Crippen LogP contribution in [0, 0.1) is 6.92 Å². The van der Waals surface area contributed by atoms with Crippen LogP contribution in [0.3, 0.4) is 0 Å². The van der Waals surface area contributed by atoms with E-state index in [1.165, 1.54) is 5.56 Å². The summed E-state index contributed by atoms with van der Waals surface area (Å²) in [4.78, 5) is 4.75. The molecule has 2 nitrogen and oxygen atoms in total. The first-order chi connectivity index (χ1) is 8.45. The van der Waals surface area contributed by atoms with E-state index < -0.39 is 0 Å². The number of fused-ring (bicyclic) bond motifs is 1. The molecular formula is C15H19ClN2. The molecule has 2 rings (SSSR count). The standard InChI is InChI=1S/C15H19ClN2/c1-5-10-6-13(8(2)3)18-15-9(4)14(17)12(16)7-11(10)15/h6-8H,5,17H2,1-4H3. The van der Waals surface area contributed by atoms with Gasteiger partial charge in [0, 0.05) is 11.1 Å². The topological polar surface area (TPSA) is 38.9 Å². The van der Waals surface area contributed by atoms with Crippen molar-refractivity contribution in [2.75, 3.05) is 5.73 Å². The van der Waals surface area contributed by atoms with Gasteiger partial charge >= 0.3 is 0 Å². The summed E-state index contributed by atoms with van der Waals surface area (Å²) >= 11 is 6.17. The molecule has 0 bridgehead atoms. The molecule has 0 spiro atoms. The normalized spacial score (nSPS) is 11.4. The van der Waals surface area contributed by atoms with Crippen LogP contribution in [-0.4, -0.2) is 4.98 Å². The van der Waals surface area contributed by atoms with Crippen LogP contribution in [0.4, 0.5) is 5.69 Å². The van der Waals surface area contributed by atoms with Crippen LogP contribution in [0.2, 0.25) is 5.02 Å². The number of halogens is 1. The predicted octanol–water partition coefficient (Wildman–Crippen LogP) is 4.46.